The predicted octanol–water partition coefficient (Wildman–Crippen LogP) is 2.14. The van der Waals surface area contributed by atoms with E-state index in [2.05, 4.69) is 4.74 Å². The van der Waals surface area contributed by atoms with Crippen molar-refractivity contribution in [3.63, 3.8) is 0 Å². The smallest absolute Gasteiger partial charge is 0.340 e. The molecule has 0 radical (unpaired) electrons. The Morgan fingerprint density at radius 1 is 1.64 bits per heavy atom. The Kier molecular flexibility index (Phi) is 3.05. The summed E-state index contributed by atoms with van der Waals surface area (Å²) in [5, 5.41) is 8.52. The van der Waals surface area contributed by atoms with E-state index >= 15 is 0 Å². The van der Waals surface area contributed by atoms with Crippen molar-refractivity contribution in [2.24, 2.45) is 0 Å². The van der Waals surface area contributed by atoms with Gasteiger partial charge in [0.1, 0.15) is 11.6 Å². The second kappa shape index (κ2) is 4.07. The first-order chi connectivity index (χ1) is 6.61. The zero-order valence-electron chi connectivity index (χ0n) is 7.17. The van der Waals surface area contributed by atoms with Gasteiger partial charge in [-0.15, -0.1) is 0 Å². The average Bonchev–Trinajstić information content (AvgIpc) is 2.18. The molecule has 1 rings (SSSR count). The highest BCUT2D eigenvalue weighted by Crippen LogP contribution is 2.21. The second-order valence-electron chi connectivity index (χ2n) is 2.39. The van der Waals surface area contributed by atoms with Crippen LogP contribution in [0.15, 0.2) is 12.1 Å². The van der Waals surface area contributed by atoms with Gasteiger partial charge in [-0.25, -0.2) is 9.18 Å². The maximum atomic E-state index is 13.4. The first kappa shape index (κ1) is 10.5. The van der Waals surface area contributed by atoms with Crippen molar-refractivity contribution in [2.75, 3.05) is 7.11 Å². The van der Waals surface area contributed by atoms with Crippen LogP contribution in [0.5, 0.6) is 0 Å². The molecule has 0 aromatic heterocycles. The molecule has 0 aliphatic heterocycles. The van der Waals surface area contributed by atoms with Gasteiger partial charge < -0.3 is 4.74 Å². The molecule has 0 spiro atoms. The fourth-order valence-electron chi connectivity index (χ4n) is 0.923. The third kappa shape index (κ3) is 1.68. The van der Waals surface area contributed by atoms with Crippen LogP contribution in [0.4, 0.5) is 4.39 Å². The van der Waals surface area contributed by atoms with Gasteiger partial charge in [-0.2, -0.15) is 5.26 Å². The van der Waals surface area contributed by atoms with Gasteiger partial charge in [0, 0.05) is 0 Å². The molecule has 1 aromatic rings. The van der Waals surface area contributed by atoms with E-state index in [1.54, 1.807) is 6.07 Å². The Bertz CT molecular complexity index is 426. The maximum absolute atomic E-state index is 13.4. The Morgan fingerprint density at radius 2 is 2.29 bits per heavy atom. The number of ether oxygens (including phenoxy) is 1. The Morgan fingerprint density at radius 3 is 2.79 bits per heavy atom. The topological polar surface area (TPSA) is 50.1 Å². The number of hydrogen-bond donors (Lipinski definition) is 0. The van der Waals surface area contributed by atoms with E-state index in [0.717, 1.165) is 7.11 Å². The standard InChI is InChI=1S/C9H5ClFNO2/c1-14-9(13)5-2-3-7(10)6(4-12)8(5)11/h2-3H,1H3. The summed E-state index contributed by atoms with van der Waals surface area (Å²) >= 11 is 5.53. The van der Waals surface area contributed by atoms with Crippen molar-refractivity contribution in [1.29, 1.82) is 5.26 Å². The fourth-order valence-corrected chi connectivity index (χ4v) is 1.11. The SMILES string of the molecule is COC(=O)c1ccc(Cl)c(C#N)c1F. The van der Waals surface area contributed by atoms with E-state index in [1.165, 1.54) is 12.1 Å². The van der Waals surface area contributed by atoms with Crippen molar-refractivity contribution >= 4 is 17.6 Å². The number of nitriles is 1. The van der Waals surface area contributed by atoms with E-state index in [-0.39, 0.29) is 16.1 Å². The average molecular weight is 214 g/mol. The van der Waals surface area contributed by atoms with Gasteiger partial charge in [0.15, 0.2) is 5.82 Å². The molecule has 14 heavy (non-hydrogen) atoms. The molecule has 0 fully saturated rings. The van der Waals surface area contributed by atoms with Crippen LogP contribution in [0.25, 0.3) is 0 Å². The molecule has 0 amide bonds. The van der Waals surface area contributed by atoms with Gasteiger partial charge in [-0.3, -0.25) is 0 Å². The van der Waals surface area contributed by atoms with Gasteiger partial charge >= 0.3 is 5.97 Å². The summed E-state index contributed by atoms with van der Waals surface area (Å²) in [4.78, 5) is 11.0. The molecule has 5 heteroatoms. The molecule has 0 bridgehead atoms. The molecule has 3 nitrogen and oxygen atoms in total. The van der Waals surface area contributed by atoms with Gasteiger partial charge in [0.05, 0.1) is 17.7 Å². The lowest BCUT2D eigenvalue weighted by atomic mass is 10.1. The van der Waals surface area contributed by atoms with E-state index < -0.39 is 11.8 Å². The molecule has 0 aliphatic carbocycles. The van der Waals surface area contributed by atoms with E-state index in [0.29, 0.717) is 0 Å². The Hall–Kier alpha value is -1.60. The van der Waals surface area contributed by atoms with Crippen LogP contribution in [0.3, 0.4) is 0 Å². The van der Waals surface area contributed by atoms with E-state index in [9.17, 15) is 9.18 Å². The normalized spacial score (nSPS) is 9.29. The molecule has 0 saturated heterocycles. The third-order valence-electron chi connectivity index (χ3n) is 1.61. The molecule has 1 aromatic carbocycles. The molecular weight excluding hydrogens is 209 g/mol. The van der Waals surface area contributed by atoms with E-state index in [1.807, 2.05) is 0 Å². The predicted molar refractivity (Wildman–Crippen MR) is 47.5 cm³/mol. The first-order valence-corrected chi connectivity index (χ1v) is 3.96. The number of hydrogen-bond acceptors (Lipinski definition) is 3. The number of esters is 1. The largest absolute Gasteiger partial charge is 0.465 e. The van der Waals surface area contributed by atoms with E-state index in [4.69, 9.17) is 16.9 Å². The Labute approximate surface area is 84.7 Å². The minimum Gasteiger partial charge on any atom is -0.465 e. The van der Waals surface area contributed by atoms with Crippen molar-refractivity contribution < 1.29 is 13.9 Å². The molecule has 0 saturated carbocycles. The van der Waals surface area contributed by atoms with Crippen LogP contribution in [-0.4, -0.2) is 13.1 Å². The molecule has 0 atom stereocenters. The number of halogens is 2. The summed E-state index contributed by atoms with van der Waals surface area (Å²) in [6.45, 7) is 0. The minimum absolute atomic E-state index is 0.0300. The summed E-state index contributed by atoms with van der Waals surface area (Å²) in [6, 6.07) is 4.01. The number of benzene rings is 1. The van der Waals surface area contributed by atoms with Crippen LogP contribution in [0.2, 0.25) is 5.02 Å². The highest BCUT2D eigenvalue weighted by atomic mass is 35.5. The lowest BCUT2D eigenvalue weighted by Crippen LogP contribution is -2.05. The van der Waals surface area contributed by atoms with Gasteiger partial charge in [0.2, 0.25) is 0 Å². The zero-order valence-corrected chi connectivity index (χ0v) is 7.93. The molecule has 72 valence electrons. The number of methoxy groups -OCH3 is 1. The quantitative estimate of drug-likeness (QED) is 0.672. The maximum Gasteiger partial charge on any atom is 0.340 e. The highest BCUT2D eigenvalue weighted by Gasteiger charge is 2.17. The number of carbonyl (C=O) groups excluding carboxylic acids is 1. The fraction of sp³-hybridized carbons (Fsp3) is 0.111. The van der Waals surface area contributed by atoms with Crippen molar-refractivity contribution in [2.45, 2.75) is 0 Å². The lowest BCUT2D eigenvalue weighted by molar-refractivity contribution is 0.0595. The summed E-state index contributed by atoms with van der Waals surface area (Å²) in [7, 11) is 1.13. The van der Waals surface area contributed by atoms with Gasteiger partial charge in [-0.1, -0.05) is 11.6 Å². The highest BCUT2D eigenvalue weighted by molar-refractivity contribution is 6.31. The monoisotopic (exact) mass is 213 g/mol. The lowest BCUT2D eigenvalue weighted by Gasteiger charge is -2.02. The third-order valence-corrected chi connectivity index (χ3v) is 1.92. The second-order valence-corrected chi connectivity index (χ2v) is 2.79. The number of nitrogens with zero attached hydrogens (tertiary/aromatic N) is 1. The number of carbonyl (C=O) groups is 1. The van der Waals surface area contributed by atoms with Crippen LogP contribution in [-0.2, 0) is 4.74 Å². The molecular formula is C9H5ClFNO2. The van der Waals surface area contributed by atoms with Crippen molar-refractivity contribution in [1.82, 2.24) is 0 Å². The van der Waals surface area contributed by atoms with Gasteiger partial charge in [-0.05, 0) is 12.1 Å². The van der Waals surface area contributed by atoms with Crippen molar-refractivity contribution in [3.8, 4) is 6.07 Å². The Balaban J connectivity index is 3.37. The van der Waals surface area contributed by atoms with Crippen LogP contribution in [0, 0.1) is 17.1 Å². The summed E-state index contributed by atoms with van der Waals surface area (Å²) in [5.74, 6) is -1.79. The summed E-state index contributed by atoms with van der Waals surface area (Å²) in [6.07, 6.45) is 0. The molecule has 0 N–H and O–H groups in total. The summed E-state index contributed by atoms with van der Waals surface area (Å²) < 4.78 is 17.7. The number of rotatable bonds is 1. The first-order valence-electron chi connectivity index (χ1n) is 3.58. The van der Waals surface area contributed by atoms with Crippen LogP contribution in [0.1, 0.15) is 15.9 Å². The summed E-state index contributed by atoms with van der Waals surface area (Å²) in [5.41, 5.74) is -0.650. The molecule has 0 unspecified atom stereocenters. The van der Waals surface area contributed by atoms with Crippen LogP contribution >= 0.6 is 11.6 Å². The zero-order chi connectivity index (χ0) is 10.7. The van der Waals surface area contributed by atoms with Crippen molar-refractivity contribution in [3.05, 3.63) is 34.1 Å². The minimum atomic E-state index is -0.952. The molecule has 0 aliphatic rings. The molecule has 0 heterocycles. The van der Waals surface area contributed by atoms with Gasteiger partial charge in [0.25, 0.3) is 0 Å². The van der Waals surface area contributed by atoms with Crippen LogP contribution < -0.4 is 0 Å².